The average Bonchev–Trinajstić information content (AvgIpc) is 2.18. The van der Waals surface area contributed by atoms with Crippen LogP contribution in [0.1, 0.15) is 34.7 Å². The van der Waals surface area contributed by atoms with Gasteiger partial charge in [0.05, 0.1) is 12.1 Å². The minimum absolute atomic E-state index is 0. The number of allylic oxidation sites excluding steroid dienone is 1. The van der Waals surface area contributed by atoms with E-state index in [9.17, 15) is 0 Å². The number of nitrogens with one attached hydrogen (secondary N) is 1. The third-order valence-corrected chi connectivity index (χ3v) is 2.76. The van der Waals surface area contributed by atoms with E-state index >= 15 is 0 Å². The second-order valence-corrected chi connectivity index (χ2v) is 4.81. The van der Waals surface area contributed by atoms with Crippen molar-refractivity contribution in [1.82, 2.24) is 0 Å². The first-order valence-corrected chi connectivity index (χ1v) is 5.77. The molecule has 3 heteroatoms. The number of rotatable bonds is 2. The fourth-order valence-electron chi connectivity index (χ4n) is 2.22. The minimum atomic E-state index is 0. The molecule has 1 N–H and O–H groups in total. The van der Waals surface area contributed by atoms with Crippen molar-refractivity contribution in [2.75, 3.05) is 11.9 Å². The molecule has 1 aromatic carbocycles. The maximum absolute atomic E-state index is 5.52. The van der Waals surface area contributed by atoms with Gasteiger partial charge in [0.15, 0.2) is 0 Å². The topological polar surface area (TPSA) is 21.3 Å². The van der Waals surface area contributed by atoms with Gasteiger partial charge in [0.2, 0.25) is 0 Å². The Morgan fingerprint density at radius 2 is 2.06 bits per heavy atom. The van der Waals surface area contributed by atoms with Gasteiger partial charge in [0.1, 0.15) is 5.75 Å². The molecule has 0 spiro atoms. The summed E-state index contributed by atoms with van der Waals surface area (Å²) in [6.45, 7) is 9.22. The van der Waals surface area contributed by atoms with Crippen molar-refractivity contribution in [1.29, 1.82) is 0 Å². The molecule has 0 aliphatic carbocycles. The zero-order valence-electron chi connectivity index (χ0n) is 12.4. The Bertz CT molecular complexity index is 443. The third-order valence-electron chi connectivity index (χ3n) is 2.76. The van der Waals surface area contributed by atoms with Crippen LogP contribution in [0.25, 0.3) is 5.57 Å². The van der Waals surface area contributed by atoms with E-state index in [4.69, 9.17) is 4.74 Å². The number of fused-ring (bicyclic) bond motifs is 1. The number of hydrogen-bond acceptors (Lipinski definition) is 2. The normalized spacial score (nSPS) is 16.1. The van der Waals surface area contributed by atoms with Gasteiger partial charge < -0.3 is 11.5 Å². The van der Waals surface area contributed by atoms with E-state index in [0.717, 1.165) is 5.75 Å². The molecule has 1 aliphatic rings. The second-order valence-electron chi connectivity index (χ2n) is 4.81. The molecule has 0 saturated heterocycles. The van der Waals surface area contributed by atoms with Gasteiger partial charge in [-0.2, -0.15) is 0 Å². The van der Waals surface area contributed by atoms with Crippen LogP contribution in [0.3, 0.4) is 0 Å². The molecule has 2 rings (SSSR count). The Balaban J connectivity index is 0.00000144. The third kappa shape index (κ3) is 3.09. The van der Waals surface area contributed by atoms with Gasteiger partial charge >= 0.3 is 18.9 Å². The fraction of sp³-hybridized carbons (Fsp3) is 0.429. The van der Waals surface area contributed by atoms with E-state index in [0.29, 0.717) is 6.61 Å². The van der Waals surface area contributed by atoms with Crippen LogP contribution in [-0.2, 0) is 0 Å². The van der Waals surface area contributed by atoms with Crippen molar-refractivity contribution >= 4 is 11.3 Å². The van der Waals surface area contributed by atoms with Crippen LogP contribution >= 0.6 is 0 Å². The molecule has 17 heavy (non-hydrogen) atoms. The van der Waals surface area contributed by atoms with Crippen LogP contribution in [0.2, 0.25) is 0 Å². The zero-order chi connectivity index (χ0) is 11.8. The van der Waals surface area contributed by atoms with Crippen molar-refractivity contribution in [3.8, 4) is 5.75 Å². The molecular formula is C14H20LiNO. The van der Waals surface area contributed by atoms with Gasteiger partial charge in [-0.1, -0.05) is 6.08 Å². The molecule has 0 bridgehead atoms. The zero-order valence-corrected chi connectivity index (χ0v) is 11.4. The Morgan fingerprint density at radius 3 is 2.71 bits per heavy atom. The second kappa shape index (κ2) is 5.21. The number of hydrogen-bond donors (Lipinski definition) is 1. The van der Waals surface area contributed by atoms with Gasteiger partial charge in [-0.25, -0.2) is 0 Å². The molecule has 0 fully saturated rings. The Morgan fingerprint density at radius 1 is 1.35 bits per heavy atom. The summed E-state index contributed by atoms with van der Waals surface area (Å²) in [6, 6.07) is 6.22. The Kier molecular flexibility index (Phi) is 4.35. The van der Waals surface area contributed by atoms with Crippen LogP contribution in [0.15, 0.2) is 24.3 Å². The van der Waals surface area contributed by atoms with Gasteiger partial charge in [0, 0.05) is 11.3 Å². The van der Waals surface area contributed by atoms with Gasteiger partial charge in [-0.15, -0.1) is 0 Å². The Labute approximate surface area is 117 Å². The van der Waals surface area contributed by atoms with Crippen LogP contribution in [-0.4, -0.2) is 12.1 Å². The first kappa shape index (κ1) is 14.2. The van der Waals surface area contributed by atoms with E-state index in [1.807, 2.05) is 13.0 Å². The van der Waals surface area contributed by atoms with Crippen LogP contribution in [0.4, 0.5) is 5.69 Å². The van der Waals surface area contributed by atoms with E-state index in [1.165, 1.54) is 16.8 Å². The van der Waals surface area contributed by atoms with Crippen molar-refractivity contribution in [2.45, 2.75) is 33.2 Å². The molecule has 2 nitrogen and oxygen atoms in total. The summed E-state index contributed by atoms with van der Waals surface area (Å²) in [5, 5.41) is 3.50. The molecule has 0 aromatic heterocycles. The predicted octanol–water partition coefficient (Wildman–Crippen LogP) is 0.809. The molecule has 0 amide bonds. The van der Waals surface area contributed by atoms with Crippen molar-refractivity contribution in [2.24, 2.45) is 0 Å². The minimum Gasteiger partial charge on any atom is -1.00 e. The molecule has 1 heterocycles. The SMILES string of the molecule is CCOc1ccc2c(c1)C(C)=CC(C)(C)N2.[H-].[Li+]. The molecular weight excluding hydrogens is 205 g/mol. The standard InChI is InChI=1S/C14H19NO.Li.H/c1-5-16-11-6-7-13-12(8-11)10(2)9-14(3,4)15-13;;/h6-9,15H,5H2,1-4H3;;/q;+1;-1. The quantitative estimate of drug-likeness (QED) is 0.752. The molecule has 88 valence electrons. The smallest absolute Gasteiger partial charge is 1.00 e. The molecule has 1 aliphatic heterocycles. The summed E-state index contributed by atoms with van der Waals surface area (Å²) in [7, 11) is 0. The molecule has 0 saturated carbocycles. The largest absolute Gasteiger partial charge is 1.00 e. The van der Waals surface area contributed by atoms with E-state index in [2.05, 4.69) is 44.3 Å². The summed E-state index contributed by atoms with van der Waals surface area (Å²) in [5.74, 6) is 0.940. The molecule has 0 atom stereocenters. The average molecular weight is 225 g/mol. The maximum Gasteiger partial charge on any atom is 1.00 e. The van der Waals surface area contributed by atoms with Gasteiger partial charge in [-0.3, -0.25) is 0 Å². The summed E-state index contributed by atoms with van der Waals surface area (Å²) < 4.78 is 5.52. The van der Waals surface area contributed by atoms with Gasteiger partial charge in [-0.05, 0) is 51.5 Å². The fourth-order valence-corrected chi connectivity index (χ4v) is 2.22. The summed E-state index contributed by atoms with van der Waals surface area (Å²) in [4.78, 5) is 0. The summed E-state index contributed by atoms with van der Waals surface area (Å²) >= 11 is 0. The molecule has 0 radical (unpaired) electrons. The van der Waals surface area contributed by atoms with E-state index < -0.39 is 0 Å². The van der Waals surface area contributed by atoms with Crippen molar-refractivity contribution in [3.05, 3.63) is 29.8 Å². The molecule has 1 aromatic rings. The first-order chi connectivity index (χ1) is 7.52. The maximum atomic E-state index is 5.52. The Hall–Kier alpha value is -0.843. The van der Waals surface area contributed by atoms with Crippen LogP contribution < -0.4 is 28.9 Å². The summed E-state index contributed by atoms with van der Waals surface area (Å²) in [5.41, 5.74) is 3.77. The van der Waals surface area contributed by atoms with Crippen LogP contribution in [0.5, 0.6) is 5.75 Å². The number of anilines is 1. The van der Waals surface area contributed by atoms with E-state index in [-0.39, 0.29) is 25.8 Å². The number of ether oxygens (including phenoxy) is 1. The number of benzene rings is 1. The van der Waals surface area contributed by atoms with Gasteiger partial charge in [0.25, 0.3) is 0 Å². The summed E-state index contributed by atoms with van der Waals surface area (Å²) in [6.07, 6.45) is 2.26. The van der Waals surface area contributed by atoms with E-state index in [1.54, 1.807) is 0 Å². The van der Waals surface area contributed by atoms with Crippen molar-refractivity contribution < 1.29 is 25.0 Å². The molecule has 0 unspecified atom stereocenters. The van der Waals surface area contributed by atoms with Crippen LogP contribution in [0, 0.1) is 0 Å². The first-order valence-electron chi connectivity index (χ1n) is 5.77. The predicted molar refractivity (Wildman–Crippen MR) is 70.1 cm³/mol. The van der Waals surface area contributed by atoms with Crippen molar-refractivity contribution in [3.63, 3.8) is 0 Å². The monoisotopic (exact) mass is 225 g/mol.